The second-order valence-electron chi connectivity index (χ2n) is 14.2. The summed E-state index contributed by atoms with van der Waals surface area (Å²) >= 11 is 0. The van der Waals surface area contributed by atoms with Gasteiger partial charge in [0.05, 0.1) is 9.79 Å². The van der Waals surface area contributed by atoms with Crippen molar-refractivity contribution in [3.05, 3.63) is 132 Å². The molecule has 2 saturated heterocycles. The summed E-state index contributed by atoms with van der Waals surface area (Å²) in [4.78, 5) is 9.59. The highest BCUT2D eigenvalue weighted by molar-refractivity contribution is 7.91. The molecule has 0 saturated carbocycles. The molecular weight excluding hydrogens is 713 g/mol. The fraction of sp³-hybridized carbons (Fsp3) is 0.364. The Hall–Kier alpha value is -4.33. The van der Waals surface area contributed by atoms with Crippen LogP contribution in [0.1, 0.15) is 11.1 Å². The van der Waals surface area contributed by atoms with Crippen LogP contribution in [0.4, 0.5) is 0 Å². The molecule has 2 fully saturated rings. The van der Waals surface area contributed by atoms with Crippen LogP contribution in [0.2, 0.25) is 0 Å². The molecule has 0 radical (unpaired) electrons. The van der Waals surface area contributed by atoms with Gasteiger partial charge in [0.1, 0.15) is 36.9 Å². The third kappa shape index (κ3) is 12.9. The molecule has 0 bridgehead atoms. The molecule has 4 aromatic carbocycles. The first-order valence-corrected chi connectivity index (χ1v) is 20.7. The number of sulfone groups is 1. The molecule has 0 amide bonds. The van der Waals surface area contributed by atoms with Crippen molar-refractivity contribution < 1.29 is 28.1 Å². The first-order valence-electron chi connectivity index (χ1n) is 19.2. The van der Waals surface area contributed by atoms with Crippen LogP contribution in [0.5, 0.6) is 11.5 Å². The van der Waals surface area contributed by atoms with Crippen molar-refractivity contribution >= 4 is 22.0 Å². The van der Waals surface area contributed by atoms with Crippen molar-refractivity contribution in [3.63, 3.8) is 0 Å². The van der Waals surface area contributed by atoms with Crippen molar-refractivity contribution in [1.29, 1.82) is 0 Å². The average molecular weight is 767 g/mol. The summed E-state index contributed by atoms with van der Waals surface area (Å²) in [6, 6.07) is 33.1. The van der Waals surface area contributed by atoms with E-state index in [4.69, 9.17) is 9.47 Å². The smallest absolute Gasteiger partial charge is 0.206 e. The summed E-state index contributed by atoms with van der Waals surface area (Å²) in [5, 5.41) is 21.3. The molecular formula is C44H54N4O6S. The predicted octanol–water partition coefficient (Wildman–Crippen LogP) is 4.66. The Morgan fingerprint density at radius 2 is 0.855 bits per heavy atom. The van der Waals surface area contributed by atoms with E-state index in [1.165, 1.54) is 35.4 Å². The molecule has 0 unspecified atom stereocenters. The highest BCUT2D eigenvalue weighted by atomic mass is 32.2. The molecule has 10 nitrogen and oxygen atoms in total. The van der Waals surface area contributed by atoms with Gasteiger partial charge in [-0.2, -0.15) is 0 Å². The second kappa shape index (κ2) is 20.5. The maximum Gasteiger partial charge on any atom is 0.206 e. The number of piperazine rings is 2. The lowest BCUT2D eigenvalue weighted by Gasteiger charge is -2.35. The number of aliphatic hydroxyl groups is 2. The Labute approximate surface area is 326 Å². The topological polar surface area (TPSA) is 106 Å². The molecule has 2 N–H and O–H groups in total. The van der Waals surface area contributed by atoms with Crippen LogP contribution in [0.3, 0.4) is 0 Å². The molecule has 2 aliphatic rings. The van der Waals surface area contributed by atoms with Crippen molar-refractivity contribution in [2.45, 2.75) is 22.0 Å². The lowest BCUT2D eigenvalue weighted by Crippen LogP contribution is -2.49. The maximum atomic E-state index is 13.3. The fourth-order valence-corrected chi connectivity index (χ4v) is 8.03. The normalized spacial score (nSPS) is 17.8. The average Bonchev–Trinajstić information content (AvgIpc) is 3.22. The highest BCUT2D eigenvalue weighted by Gasteiger charge is 2.22. The lowest BCUT2D eigenvalue weighted by molar-refractivity contribution is 0.0481. The van der Waals surface area contributed by atoms with E-state index >= 15 is 0 Å². The van der Waals surface area contributed by atoms with E-state index in [2.05, 4.69) is 68.2 Å². The van der Waals surface area contributed by atoms with Crippen molar-refractivity contribution in [2.75, 3.05) is 91.8 Å². The number of β-amino-alcohol motifs (C(OH)–C–C–N with tert-alkyl or cyclic N) is 2. The predicted molar refractivity (Wildman–Crippen MR) is 218 cm³/mol. The molecule has 2 aliphatic heterocycles. The van der Waals surface area contributed by atoms with E-state index < -0.39 is 22.0 Å². The van der Waals surface area contributed by atoms with Gasteiger partial charge in [-0.3, -0.25) is 19.6 Å². The van der Waals surface area contributed by atoms with Gasteiger partial charge in [-0.05, 0) is 59.7 Å². The van der Waals surface area contributed by atoms with Crippen LogP contribution >= 0.6 is 0 Å². The van der Waals surface area contributed by atoms with E-state index in [-0.39, 0.29) is 23.0 Å². The summed E-state index contributed by atoms with van der Waals surface area (Å²) < 4.78 is 38.3. The molecule has 0 aromatic heterocycles. The Morgan fingerprint density at radius 3 is 1.22 bits per heavy atom. The largest absolute Gasteiger partial charge is 0.491 e. The van der Waals surface area contributed by atoms with Crippen LogP contribution in [0.15, 0.2) is 131 Å². The van der Waals surface area contributed by atoms with Crippen molar-refractivity contribution in [1.82, 2.24) is 19.6 Å². The minimum absolute atomic E-state index is 0.117. The molecule has 6 rings (SSSR count). The van der Waals surface area contributed by atoms with E-state index in [0.717, 1.165) is 65.4 Å². The quantitative estimate of drug-likeness (QED) is 0.149. The number of hydrogen-bond acceptors (Lipinski definition) is 10. The van der Waals surface area contributed by atoms with E-state index in [9.17, 15) is 18.6 Å². The minimum Gasteiger partial charge on any atom is -0.491 e. The SMILES string of the molecule is O=S(=O)(c1ccc(OC[C@@H](O)CN2CCN(C/C=C\c3ccccc3)CC2)cc1)c1ccc(OC[C@@H](O)CN2CCN(C/C=C\c3ccccc3)CC2)cc1. The van der Waals surface area contributed by atoms with E-state index in [1.54, 1.807) is 24.3 Å². The van der Waals surface area contributed by atoms with Gasteiger partial charge < -0.3 is 19.7 Å². The molecule has 2 heterocycles. The van der Waals surface area contributed by atoms with Crippen LogP contribution < -0.4 is 9.47 Å². The number of ether oxygens (including phenoxy) is 2. The summed E-state index contributed by atoms with van der Waals surface area (Å²) in [6.07, 6.45) is 7.36. The lowest BCUT2D eigenvalue weighted by atomic mass is 10.2. The zero-order valence-electron chi connectivity index (χ0n) is 31.5. The first-order chi connectivity index (χ1) is 26.8. The van der Waals surface area contributed by atoms with Crippen LogP contribution in [-0.2, 0) is 9.84 Å². The molecule has 11 heteroatoms. The van der Waals surface area contributed by atoms with Crippen LogP contribution in [0.25, 0.3) is 12.2 Å². The standard InChI is InChI=1S/C44H54N4O6S/c49-39(33-47-29-25-45(26-30-47)23-7-13-37-9-3-1-4-10-37)35-53-41-15-19-43(20-16-41)55(51,52)44-21-17-42(18-22-44)54-36-40(50)34-48-31-27-46(28-32-48)24-8-14-38-11-5-2-6-12-38/h1-22,39-40,49-50H,23-36H2/b13-7-,14-8-/t39-,40-/m0/s1. The summed E-state index contributed by atoms with van der Waals surface area (Å²) in [5.41, 5.74) is 2.40. The first kappa shape index (κ1) is 40.3. The van der Waals surface area contributed by atoms with Gasteiger partial charge in [-0.1, -0.05) is 85.0 Å². The Kier molecular flexibility index (Phi) is 15.1. The van der Waals surface area contributed by atoms with Gasteiger partial charge in [-0.15, -0.1) is 0 Å². The molecule has 2 atom stereocenters. The number of hydrogen-bond donors (Lipinski definition) is 2. The van der Waals surface area contributed by atoms with Gasteiger partial charge in [0.15, 0.2) is 0 Å². The van der Waals surface area contributed by atoms with Crippen molar-refractivity contribution in [2.24, 2.45) is 0 Å². The summed E-state index contributed by atoms with van der Waals surface area (Å²) in [6.45, 7) is 10.4. The van der Waals surface area contributed by atoms with Crippen LogP contribution in [0, 0.1) is 0 Å². The fourth-order valence-electron chi connectivity index (χ4n) is 6.77. The minimum atomic E-state index is -3.76. The molecule has 55 heavy (non-hydrogen) atoms. The maximum absolute atomic E-state index is 13.3. The van der Waals surface area contributed by atoms with Gasteiger partial charge in [0.2, 0.25) is 9.84 Å². The third-order valence-electron chi connectivity index (χ3n) is 9.97. The molecule has 0 aliphatic carbocycles. The monoisotopic (exact) mass is 766 g/mol. The number of benzene rings is 4. The van der Waals surface area contributed by atoms with E-state index in [1.807, 2.05) is 36.4 Å². The van der Waals surface area contributed by atoms with Crippen molar-refractivity contribution in [3.8, 4) is 11.5 Å². The van der Waals surface area contributed by atoms with E-state index in [0.29, 0.717) is 24.6 Å². The summed E-state index contributed by atoms with van der Waals surface area (Å²) in [5.74, 6) is 0.987. The Balaban J connectivity index is 0.862. The zero-order chi connectivity index (χ0) is 38.3. The number of nitrogens with zero attached hydrogens (tertiary/aromatic N) is 4. The molecule has 0 spiro atoms. The number of aliphatic hydroxyl groups excluding tert-OH is 2. The molecule has 4 aromatic rings. The van der Waals surface area contributed by atoms with Gasteiger partial charge in [0.25, 0.3) is 0 Å². The van der Waals surface area contributed by atoms with Gasteiger partial charge in [0, 0.05) is 78.5 Å². The second-order valence-corrected chi connectivity index (χ2v) is 16.2. The van der Waals surface area contributed by atoms with Crippen LogP contribution in [-0.4, -0.2) is 142 Å². The van der Waals surface area contributed by atoms with Gasteiger partial charge >= 0.3 is 0 Å². The Bertz CT molecular complexity index is 1740. The van der Waals surface area contributed by atoms with Gasteiger partial charge in [-0.25, -0.2) is 8.42 Å². The highest BCUT2D eigenvalue weighted by Crippen LogP contribution is 2.25. The zero-order valence-corrected chi connectivity index (χ0v) is 32.3. The molecule has 292 valence electrons. The number of rotatable bonds is 18. The summed E-state index contributed by atoms with van der Waals surface area (Å²) in [7, 11) is -3.76. The third-order valence-corrected chi connectivity index (χ3v) is 11.8. The Morgan fingerprint density at radius 1 is 0.509 bits per heavy atom.